The van der Waals surface area contributed by atoms with Gasteiger partial charge in [0.05, 0.1) is 13.2 Å². The summed E-state index contributed by atoms with van der Waals surface area (Å²) >= 11 is 0. The third-order valence-electron chi connectivity index (χ3n) is 2.16. The highest BCUT2D eigenvalue weighted by molar-refractivity contribution is 5.34. The van der Waals surface area contributed by atoms with Crippen LogP contribution >= 0.6 is 0 Å². The van der Waals surface area contributed by atoms with Crippen molar-refractivity contribution in [1.82, 2.24) is 15.0 Å². The molecular formula is C9H18N6O2. The summed E-state index contributed by atoms with van der Waals surface area (Å²) in [5.74, 6) is 5.79. The minimum atomic E-state index is -0.321. The highest BCUT2D eigenvalue weighted by Gasteiger charge is 2.06. The van der Waals surface area contributed by atoms with Crippen LogP contribution in [0.1, 0.15) is 19.8 Å². The zero-order valence-corrected chi connectivity index (χ0v) is 9.97. The van der Waals surface area contributed by atoms with Gasteiger partial charge in [0.1, 0.15) is 0 Å². The second-order valence-corrected chi connectivity index (χ2v) is 3.39. The van der Waals surface area contributed by atoms with Gasteiger partial charge in [0.25, 0.3) is 0 Å². The molecule has 1 aromatic heterocycles. The van der Waals surface area contributed by atoms with E-state index in [9.17, 15) is 5.11 Å². The zero-order chi connectivity index (χ0) is 12.7. The van der Waals surface area contributed by atoms with Gasteiger partial charge in [0.15, 0.2) is 0 Å². The minimum absolute atomic E-state index is 0.173. The Hall–Kier alpha value is -1.67. The third kappa shape index (κ3) is 4.37. The molecule has 17 heavy (non-hydrogen) atoms. The molecule has 0 aliphatic heterocycles. The van der Waals surface area contributed by atoms with Gasteiger partial charge in [-0.1, -0.05) is 6.92 Å². The summed E-state index contributed by atoms with van der Waals surface area (Å²) < 4.78 is 4.90. The molecule has 0 saturated carbocycles. The Morgan fingerprint density at radius 3 is 2.65 bits per heavy atom. The van der Waals surface area contributed by atoms with Gasteiger partial charge in [-0.3, -0.25) is 5.43 Å². The quantitative estimate of drug-likeness (QED) is 0.381. The van der Waals surface area contributed by atoms with Crippen LogP contribution in [0.5, 0.6) is 6.01 Å². The number of aromatic nitrogens is 3. The summed E-state index contributed by atoms with van der Waals surface area (Å²) in [6.45, 7) is 2.49. The van der Waals surface area contributed by atoms with Crippen molar-refractivity contribution in [2.45, 2.75) is 25.9 Å². The standard InChI is InChI=1S/C9H18N6O2/c1-3-6(16)4-5-11-7-12-8(15-10)14-9(13-7)17-2/h6,16H,3-5,10H2,1-2H3,(H2,11,12,13,14,15). The molecule has 0 aliphatic carbocycles. The molecule has 1 unspecified atom stereocenters. The maximum absolute atomic E-state index is 9.39. The van der Waals surface area contributed by atoms with Crippen molar-refractivity contribution >= 4 is 11.9 Å². The number of hydrogen-bond acceptors (Lipinski definition) is 8. The normalized spacial score (nSPS) is 12.0. The summed E-state index contributed by atoms with van der Waals surface area (Å²) in [7, 11) is 1.46. The molecule has 0 radical (unpaired) electrons. The molecule has 5 N–H and O–H groups in total. The van der Waals surface area contributed by atoms with E-state index in [0.717, 1.165) is 6.42 Å². The van der Waals surface area contributed by atoms with Crippen LogP contribution in [-0.4, -0.2) is 39.8 Å². The van der Waals surface area contributed by atoms with Crippen molar-refractivity contribution in [2.75, 3.05) is 24.4 Å². The molecule has 1 atom stereocenters. The molecule has 0 aliphatic rings. The molecule has 0 bridgehead atoms. The van der Waals surface area contributed by atoms with E-state index < -0.39 is 0 Å². The van der Waals surface area contributed by atoms with Crippen LogP contribution < -0.4 is 21.3 Å². The first kappa shape index (κ1) is 13.4. The van der Waals surface area contributed by atoms with Gasteiger partial charge in [0, 0.05) is 6.54 Å². The summed E-state index contributed by atoms with van der Waals surface area (Å²) in [4.78, 5) is 11.8. The van der Waals surface area contributed by atoms with E-state index in [4.69, 9.17) is 10.6 Å². The van der Waals surface area contributed by atoms with Gasteiger partial charge < -0.3 is 15.2 Å². The van der Waals surface area contributed by atoms with Gasteiger partial charge in [-0.05, 0) is 12.8 Å². The number of methoxy groups -OCH3 is 1. The maximum atomic E-state index is 9.39. The van der Waals surface area contributed by atoms with Crippen molar-refractivity contribution in [2.24, 2.45) is 5.84 Å². The molecule has 1 aromatic rings. The van der Waals surface area contributed by atoms with Gasteiger partial charge in [-0.15, -0.1) is 0 Å². The van der Waals surface area contributed by atoms with Crippen molar-refractivity contribution in [3.05, 3.63) is 0 Å². The van der Waals surface area contributed by atoms with Gasteiger partial charge >= 0.3 is 6.01 Å². The van der Waals surface area contributed by atoms with Crippen molar-refractivity contribution in [3.8, 4) is 6.01 Å². The lowest BCUT2D eigenvalue weighted by Crippen LogP contribution is -2.16. The number of rotatable bonds is 7. The minimum Gasteiger partial charge on any atom is -0.467 e. The van der Waals surface area contributed by atoms with Gasteiger partial charge in [0.2, 0.25) is 11.9 Å². The fourth-order valence-corrected chi connectivity index (χ4v) is 1.15. The smallest absolute Gasteiger partial charge is 0.322 e. The Morgan fingerprint density at radius 2 is 2.06 bits per heavy atom. The number of aliphatic hydroxyl groups excluding tert-OH is 1. The van der Waals surface area contributed by atoms with E-state index in [0.29, 0.717) is 18.9 Å². The number of hydrogen-bond donors (Lipinski definition) is 4. The van der Waals surface area contributed by atoms with Crippen LogP contribution in [0.15, 0.2) is 0 Å². The molecule has 8 nitrogen and oxygen atoms in total. The number of hydrazine groups is 1. The topological polar surface area (TPSA) is 118 Å². The van der Waals surface area contributed by atoms with E-state index in [1.54, 1.807) is 0 Å². The number of nitrogens with zero attached hydrogens (tertiary/aromatic N) is 3. The number of anilines is 2. The Morgan fingerprint density at radius 1 is 1.35 bits per heavy atom. The molecule has 0 spiro atoms. The first-order valence-corrected chi connectivity index (χ1v) is 5.38. The second kappa shape index (κ2) is 6.81. The average molecular weight is 242 g/mol. The van der Waals surface area contributed by atoms with E-state index >= 15 is 0 Å². The largest absolute Gasteiger partial charge is 0.467 e. The molecule has 1 rings (SSSR count). The summed E-state index contributed by atoms with van der Waals surface area (Å²) in [5.41, 5.74) is 2.32. The van der Waals surface area contributed by atoms with E-state index in [-0.39, 0.29) is 18.1 Å². The van der Waals surface area contributed by atoms with Crippen LogP contribution in [-0.2, 0) is 0 Å². The predicted molar refractivity (Wildman–Crippen MR) is 63.6 cm³/mol. The van der Waals surface area contributed by atoms with Crippen molar-refractivity contribution in [1.29, 1.82) is 0 Å². The fraction of sp³-hybridized carbons (Fsp3) is 0.667. The lowest BCUT2D eigenvalue weighted by atomic mass is 10.2. The molecule has 96 valence electrons. The van der Waals surface area contributed by atoms with Gasteiger partial charge in [-0.2, -0.15) is 15.0 Å². The monoisotopic (exact) mass is 242 g/mol. The number of nitrogens with one attached hydrogen (secondary N) is 2. The zero-order valence-electron chi connectivity index (χ0n) is 9.97. The van der Waals surface area contributed by atoms with E-state index in [2.05, 4.69) is 25.7 Å². The van der Waals surface area contributed by atoms with E-state index in [1.165, 1.54) is 7.11 Å². The second-order valence-electron chi connectivity index (χ2n) is 3.39. The highest BCUT2D eigenvalue weighted by Crippen LogP contribution is 2.09. The first-order chi connectivity index (χ1) is 8.19. The average Bonchev–Trinajstić information content (AvgIpc) is 2.37. The van der Waals surface area contributed by atoms with Crippen LogP contribution in [0.3, 0.4) is 0 Å². The van der Waals surface area contributed by atoms with Crippen LogP contribution in [0.25, 0.3) is 0 Å². The Balaban J connectivity index is 2.57. The molecular weight excluding hydrogens is 224 g/mol. The number of aliphatic hydroxyl groups is 1. The SMILES string of the molecule is CCC(O)CCNc1nc(NN)nc(OC)n1. The predicted octanol–water partition coefficient (Wildman–Crippen LogP) is -0.261. The van der Waals surface area contributed by atoms with Crippen LogP contribution in [0, 0.1) is 0 Å². The molecule has 0 fully saturated rings. The molecule has 0 aromatic carbocycles. The summed E-state index contributed by atoms with van der Waals surface area (Å²) in [6.07, 6.45) is 1.02. The molecule has 8 heteroatoms. The lowest BCUT2D eigenvalue weighted by Gasteiger charge is -2.09. The Bertz CT molecular complexity index is 326. The Labute approximate surface area is 99.6 Å². The molecule has 1 heterocycles. The maximum Gasteiger partial charge on any atom is 0.322 e. The summed E-state index contributed by atoms with van der Waals surface area (Å²) in [5, 5.41) is 12.3. The highest BCUT2D eigenvalue weighted by atomic mass is 16.5. The first-order valence-electron chi connectivity index (χ1n) is 5.38. The molecule has 0 amide bonds. The molecule has 0 saturated heterocycles. The van der Waals surface area contributed by atoms with E-state index in [1.807, 2.05) is 6.92 Å². The summed E-state index contributed by atoms with van der Waals surface area (Å²) in [6, 6.07) is 0.173. The van der Waals surface area contributed by atoms with Gasteiger partial charge in [-0.25, -0.2) is 5.84 Å². The third-order valence-corrected chi connectivity index (χ3v) is 2.16. The number of nitrogens with two attached hydrogens (primary N) is 1. The van der Waals surface area contributed by atoms with Crippen LogP contribution in [0.2, 0.25) is 0 Å². The number of nitrogen functional groups attached to an aromatic ring is 1. The number of ether oxygens (including phenoxy) is 1. The van der Waals surface area contributed by atoms with Crippen molar-refractivity contribution in [3.63, 3.8) is 0 Å². The Kier molecular flexibility index (Phi) is 5.37. The van der Waals surface area contributed by atoms with Crippen LogP contribution in [0.4, 0.5) is 11.9 Å². The fourth-order valence-electron chi connectivity index (χ4n) is 1.15. The van der Waals surface area contributed by atoms with Crippen molar-refractivity contribution < 1.29 is 9.84 Å². The lowest BCUT2D eigenvalue weighted by molar-refractivity contribution is 0.164.